The van der Waals surface area contributed by atoms with Crippen LogP contribution < -0.4 is 0 Å². The summed E-state index contributed by atoms with van der Waals surface area (Å²) in [7, 11) is 0. The molecular formula is C17H18N6. The van der Waals surface area contributed by atoms with Crippen LogP contribution in [0.5, 0.6) is 0 Å². The van der Waals surface area contributed by atoms with Crippen LogP contribution in [0, 0.1) is 0 Å². The molecule has 0 amide bonds. The van der Waals surface area contributed by atoms with Gasteiger partial charge in [-0.15, -0.1) is 0 Å². The highest BCUT2D eigenvalue weighted by Crippen LogP contribution is 2.16. The minimum atomic E-state index is 0.384. The number of hydrogen-bond donors (Lipinski definition) is 0. The summed E-state index contributed by atoms with van der Waals surface area (Å²) in [5.41, 5.74) is 2.95. The van der Waals surface area contributed by atoms with Crippen molar-refractivity contribution >= 4 is 11.2 Å². The molecule has 0 bridgehead atoms. The van der Waals surface area contributed by atoms with Crippen molar-refractivity contribution < 1.29 is 0 Å². The Balaban J connectivity index is 1.61. The van der Waals surface area contributed by atoms with Crippen molar-refractivity contribution in [2.24, 2.45) is 0 Å². The molecule has 0 saturated carbocycles. The van der Waals surface area contributed by atoms with E-state index in [-0.39, 0.29) is 0 Å². The van der Waals surface area contributed by atoms with Crippen LogP contribution in [-0.2, 0) is 12.8 Å². The van der Waals surface area contributed by atoms with Crippen molar-refractivity contribution in [3.8, 4) is 0 Å². The van der Waals surface area contributed by atoms with Gasteiger partial charge in [0.25, 0.3) is 0 Å². The van der Waals surface area contributed by atoms with Crippen LogP contribution >= 0.6 is 0 Å². The van der Waals surface area contributed by atoms with Gasteiger partial charge in [0.2, 0.25) is 0 Å². The second kappa shape index (κ2) is 5.46. The van der Waals surface area contributed by atoms with E-state index in [1.165, 1.54) is 0 Å². The molecule has 23 heavy (non-hydrogen) atoms. The third kappa shape index (κ3) is 2.46. The predicted molar refractivity (Wildman–Crippen MR) is 87.5 cm³/mol. The molecule has 0 aliphatic rings. The van der Waals surface area contributed by atoms with Crippen LogP contribution in [0.15, 0.2) is 43.2 Å². The quantitative estimate of drug-likeness (QED) is 0.581. The van der Waals surface area contributed by atoms with Crippen molar-refractivity contribution in [2.75, 3.05) is 0 Å². The minimum Gasteiger partial charge on any atom is -0.300 e. The van der Waals surface area contributed by atoms with Crippen molar-refractivity contribution in [3.05, 3.63) is 60.6 Å². The lowest BCUT2D eigenvalue weighted by Crippen LogP contribution is -2.03. The van der Waals surface area contributed by atoms with Crippen molar-refractivity contribution in [3.63, 3.8) is 0 Å². The van der Waals surface area contributed by atoms with E-state index < -0.39 is 0 Å². The summed E-state index contributed by atoms with van der Waals surface area (Å²) in [6.07, 6.45) is 13.1. The molecule has 0 unspecified atom stereocenters. The van der Waals surface area contributed by atoms with Gasteiger partial charge >= 0.3 is 0 Å². The van der Waals surface area contributed by atoms with Crippen molar-refractivity contribution in [1.29, 1.82) is 0 Å². The summed E-state index contributed by atoms with van der Waals surface area (Å²) in [5, 5.41) is 0. The molecule has 0 atom stereocenters. The van der Waals surface area contributed by atoms with E-state index in [2.05, 4.69) is 44.4 Å². The van der Waals surface area contributed by atoms with Crippen molar-refractivity contribution in [1.82, 2.24) is 28.7 Å². The molecule has 0 saturated heterocycles. The highest BCUT2D eigenvalue weighted by molar-refractivity contribution is 5.44. The van der Waals surface area contributed by atoms with Crippen LogP contribution in [0.1, 0.15) is 37.1 Å². The van der Waals surface area contributed by atoms with E-state index >= 15 is 0 Å². The largest absolute Gasteiger partial charge is 0.300 e. The molecule has 4 heterocycles. The van der Waals surface area contributed by atoms with Gasteiger partial charge in [-0.05, 0) is 12.5 Å². The zero-order valence-electron chi connectivity index (χ0n) is 13.2. The third-order valence-electron chi connectivity index (χ3n) is 4.00. The lowest BCUT2D eigenvalue weighted by Gasteiger charge is -2.06. The topological polar surface area (TPSA) is 60.4 Å². The average Bonchev–Trinajstić information content (AvgIpc) is 3.16. The first-order valence-corrected chi connectivity index (χ1v) is 7.81. The minimum absolute atomic E-state index is 0.384. The molecule has 4 rings (SSSR count). The highest BCUT2D eigenvalue weighted by atomic mass is 15.1. The van der Waals surface area contributed by atoms with Gasteiger partial charge in [-0.1, -0.05) is 13.8 Å². The second-order valence-corrected chi connectivity index (χ2v) is 5.97. The molecule has 0 aromatic carbocycles. The first-order valence-electron chi connectivity index (χ1n) is 7.81. The number of imidazole rings is 2. The van der Waals surface area contributed by atoms with E-state index in [1.807, 2.05) is 29.1 Å². The Labute approximate surface area is 133 Å². The lowest BCUT2D eigenvalue weighted by atomic mass is 10.2. The van der Waals surface area contributed by atoms with Gasteiger partial charge in [-0.2, -0.15) is 0 Å². The van der Waals surface area contributed by atoms with E-state index in [9.17, 15) is 0 Å². The van der Waals surface area contributed by atoms with E-state index in [0.717, 1.165) is 41.3 Å². The predicted octanol–water partition coefficient (Wildman–Crippen LogP) is 2.68. The van der Waals surface area contributed by atoms with Gasteiger partial charge in [0, 0.05) is 30.9 Å². The summed E-state index contributed by atoms with van der Waals surface area (Å²) >= 11 is 0. The lowest BCUT2D eigenvalue weighted by molar-refractivity contribution is 0.758. The Kier molecular flexibility index (Phi) is 3.29. The van der Waals surface area contributed by atoms with E-state index in [0.29, 0.717) is 5.92 Å². The molecule has 4 aromatic rings. The van der Waals surface area contributed by atoms with Crippen LogP contribution in [-0.4, -0.2) is 28.7 Å². The van der Waals surface area contributed by atoms with E-state index in [4.69, 9.17) is 0 Å². The van der Waals surface area contributed by atoms with Gasteiger partial charge in [0.05, 0.1) is 29.8 Å². The van der Waals surface area contributed by atoms with Crippen LogP contribution in [0.3, 0.4) is 0 Å². The molecule has 6 nitrogen and oxygen atoms in total. The molecule has 0 radical (unpaired) electrons. The SMILES string of the molecule is CC(C)c1ncc2cnc(CCc3ncc4ncccn34)cn12. The number of nitrogens with zero attached hydrogens (tertiary/aromatic N) is 6. The summed E-state index contributed by atoms with van der Waals surface area (Å²) < 4.78 is 4.16. The smallest absolute Gasteiger partial charge is 0.156 e. The first-order chi connectivity index (χ1) is 11.2. The number of fused-ring (bicyclic) bond motifs is 2. The summed E-state index contributed by atoms with van der Waals surface area (Å²) in [5.74, 6) is 2.46. The maximum absolute atomic E-state index is 4.55. The highest BCUT2D eigenvalue weighted by Gasteiger charge is 2.10. The van der Waals surface area contributed by atoms with Crippen LogP contribution in [0.2, 0.25) is 0 Å². The van der Waals surface area contributed by atoms with Crippen LogP contribution in [0.25, 0.3) is 11.2 Å². The fourth-order valence-electron chi connectivity index (χ4n) is 2.83. The van der Waals surface area contributed by atoms with Gasteiger partial charge in [-0.25, -0.2) is 15.0 Å². The molecule has 6 heteroatoms. The Morgan fingerprint density at radius 2 is 1.83 bits per heavy atom. The molecular weight excluding hydrogens is 288 g/mol. The molecule has 4 aromatic heterocycles. The number of aromatic nitrogens is 6. The Hall–Kier alpha value is -2.76. The molecule has 0 spiro atoms. The maximum Gasteiger partial charge on any atom is 0.156 e. The fourth-order valence-corrected chi connectivity index (χ4v) is 2.83. The number of aryl methyl sites for hydroxylation is 2. The summed E-state index contributed by atoms with van der Waals surface area (Å²) in [4.78, 5) is 17.8. The maximum atomic E-state index is 4.55. The summed E-state index contributed by atoms with van der Waals surface area (Å²) in [6, 6.07) is 1.92. The first kappa shape index (κ1) is 13.9. The van der Waals surface area contributed by atoms with Gasteiger partial charge < -0.3 is 4.40 Å². The monoisotopic (exact) mass is 306 g/mol. The average molecular weight is 306 g/mol. The number of rotatable bonds is 4. The molecule has 0 aliphatic carbocycles. The second-order valence-electron chi connectivity index (χ2n) is 5.97. The standard InChI is InChI=1S/C17H18N6/c1-12(2)17-21-9-14-8-19-13(11-23(14)17)4-5-15-20-10-16-18-6-3-7-22(15)16/h3,6-12H,4-5H2,1-2H3. The Morgan fingerprint density at radius 1 is 0.957 bits per heavy atom. The normalized spacial score (nSPS) is 11.8. The van der Waals surface area contributed by atoms with Gasteiger partial charge in [-0.3, -0.25) is 9.38 Å². The summed E-state index contributed by atoms with van der Waals surface area (Å²) in [6.45, 7) is 4.30. The van der Waals surface area contributed by atoms with E-state index in [1.54, 1.807) is 12.4 Å². The molecule has 116 valence electrons. The van der Waals surface area contributed by atoms with Crippen LogP contribution in [0.4, 0.5) is 0 Å². The Bertz CT molecular complexity index is 965. The van der Waals surface area contributed by atoms with Gasteiger partial charge in [0.1, 0.15) is 11.6 Å². The molecule has 0 fully saturated rings. The zero-order valence-corrected chi connectivity index (χ0v) is 13.2. The Morgan fingerprint density at radius 3 is 2.70 bits per heavy atom. The fraction of sp³-hybridized carbons (Fsp3) is 0.294. The van der Waals surface area contributed by atoms with Crippen molar-refractivity contribution in [2.45, 2.75) is 32.6 Å². The third-order valence-corrected chi connectivity index (χ3v) is 4.00. The molecule has 0 N–H and O–H groups in total. The number of hydrogen-bond acceptors (Lipinski definition) is 4. The van der Waals surface area contributed by atoms with Gasteiger partial charge in [0.15, 0.2) is 5.65 Å². The molecule has 0 aliphatic heterocycles. The zero-order chi connectivity index (χ0) is 15.8.